The standard InChI is InChI=1S/C12H17ClN2O3S/c13-8-7-10-3-5-11(6-4-10)19(17,18)15-9-1-2-12(14)16/h3-6,15H,1-2,7-9H2,(H2,14,16). The zero-order valence-corrected chi connectivity index (χ0v) is 12.0. The summed E-state index contributed by atoms with van der Waals surface area (Å²) in [4.78, 5) is 10.7. The van der Waals surface area contributed by atoms with Crippen molar-refractivity contribution in [3.8, 4) is 0 Å². The van der Waals surface area contributed by atoms with Crippen molar-refractivity contribution in [3.05, 3.63) is 29.8 Å². The SMILES string of the molecule is NC(=O)CCCNS(=O)(=O)c1ccc(CCCl)cc1. The summed E-state index contributed by atoms with van der Waals surface area (Å²) in [5.74, 6) is 0.0573. The van der Waals surface area contributed by atoms with Crippen LogP contribution in [0.5, 0.6) is 0 Å². The molecule has 0 aromatic heterocycles. The van der Waals surface area contributed by atoms with Crippen molar-refractivity contribution in [1.29, 1.82) is 0 Å². The number of primary amides is 1. The van der Waals surface area contributed by atoms with E-state index in [1.165, 1.54) is 12.1 Å². The molecule has 0 unspecified atom stereocenters. The topological polar surface area (TPSA) is 89.3 Å². The molecular weight excluding hydrogens is 288 g/mol. The minimum Gasteiger partial charge on any atom is -0.370 e. The van der Waals surface area contributed by atoms with E-state index in [1.54, 1.807) is 12.1 Å². The van der Waals surface area contributed by atoms with Crippen LogP contribution in [0.2, 0.25) is 0 Å². The molecule has 19 heavy (non-hydrogen) atoms. The van der Waals surface area contributed by atoms with Crippen LogP contribution in [-0.2, 0) is 21.2 Å². The fraction of sp³-hybridized carbons (Fsp3) is 0.417. The van der Waals surface area contributed by atoms with Gasteiger partial charge in [-0.3, -0.25) is 4.79 Å². The lowest BCUT2D eigenvalue weighted by molar-refractivity contribution is -0.118. The van der Waals surface area contributed by atoms with Crippen molar-refractivity contribution in [2.75, 3.05) is 12.4 Å². The molecule has 1 aromatic rings. The summed E-state index contributed by atoms with van der Waals surface area (Å²) < 4.78 is 26.2. The number of halogens is 1. The molecule has 1 aromatic carbocycles. The van der Waals surface area contributed by atoms with Gasteiger partial charge in [0.2, 0.25) is 15.9 Å². The van der Waals surface area contributed by atoms with E-state index in [2.05, 4.69) is 4.72 Å². The quantitative estimate of drug-likeness (QED) is 0.555. The average Bonchev–Trinajstić information content (AvgIpc) is 2.36. The third-order valence-corrected chi connectivity index (χ3v) is 4.17. The van der Waals surface area contributed by atoms with E-state index in [9.17, 15) is 13.2 Å². The number of carbonyl (C=O) groups is 1. The van der Waals surface area contributed by atoms with Gasteiger partial charge in [-0.25, -0.2) is 13.1 Å². The normalized spacial score (nSPS) is 11.4. The van der Waals surface area contributed by atoms with Crippen LogP contribution in [0.3, 0.4) is 0 Å². The molecule has 3 N–H and O–H groups in total. The zero-order chi connectivity index (χ0) is 14.3. The van der Waals surface area contributed by atoms with Crippen LogP contribution in [0.4, 0.5) is 0 Å². The molecule has 0 spiro atoms. The number of aryl methyl sites for hydroxylation is 1. The molecular formula is C12H17ClN2O3S. The van der Waals surface area contributed by atoms with Gasteiger partial charge in [0.25, 0.3) is 0 Å². The zero-order valence-electron chi connectivity index (χ0n) is 10.4. The van der Waals surface area contributed by atoms with Gasteiger partial charge < -0.3 is 5.73 Å². The Morgan fingerprint density at radius 3 is 2.42 bits per heavy atom. The molecule has 0 atom stereocenters. The number of carbonyl (C=O) groups excluding carboxylic acids is 1. The van der Waals surface area contributed by atoms with E-state index >= 15 is 0 Å². The number of hydrogen-bond donors (Lipinski definition) is 2. The summed E-state index contributed by atoms with van der Waals surface area (Å²) in [6.07, 6.45) is 1.25. The van der Waals surface area contributed by atoms with Gasteiger partial charge in [0.05, 0.1) is 4.90 Å². The monoisotopic (exact) mass is 304 g/mol. The maximum Gasteiger partial charge on any atom is 0.240 e. The summed E-state index contributed by atoms with van der Waals surface area (Å²) in [6.45, 7) is 0.189. The Balaban J connectivity index is 2.59. The van der Waals surface area contributed by atoms with E-state index < -0.39 is 15.9 Å². The van der Waals surface area contributed by atoms with Crippen molar-refractivity contribution in [1.82, 2.24) is 4.72 Å². The van der Waals surface area contributed by atoms with Gasteiger partial charge in [-0.05, 0) is 30.5 Å². The minimum absolute atomic E-state index is 0.164. The van der Waals surface area contributed by atoms with E-state index in [4.69, 9.17) is 17.3 Å². The summed E-state index contributed by atoms with van der Waals surface area (Å²) in [7, 11) is -3.53. The molecule has 0 saturated heterocycles. The highest BCUT2D eigenvalue weighted by molar-refractivity contribution is 7.89. The van der Waals surface area contributed by atoms with Crippen molar-refractivity contribution < 1.29 is 13.2 Å². The molecule has 0 radical (unpaired) electrons. The second kappa shape index (κ2) is 7.47. The first-order chi connectivity index (χ1) is 8.95. The van der Waals surface area contributed by atoms with Gasteiger partial charge in [-0.1, -0.05) is 12.1 Å². The van der Waals surface area contributed by atoms with Gasteiger partial charge >= 0.3 is 0 Å². The molecule has 0 bridgehead atoms. The summed E-state index contributed by atoms with van der Waals surface area (Å²) >= 11 is 5.61. The van der Waals surface area contributed by atoms with Crippen LogP contribution in [-0.4, -0.2) is 26.7 Å². The first-order valence-electron chi connectivity index (χ1n) is 5.88. The Morgan fingerprint density at radius 2 is 1.89 bits per heavy atom. The van der Waals surface area contributed by atoms with Crippen molar-refractivity contribution in [3.63, 3.8) is 0 Å². The van der Waals surface area contributed by atoms with Crippen LogP contribution in [0.15, 0.2) is 29.2 Å². The van der Waals surface area contributed by atoms with Crippen LogP contribution in [0.25, 0.3) is 0 Å². The Morgan fingerprint density at radius 1 is 1.26 bits per heavy atom. The number of amides is 1. The highest BCUT2D eigenvalue weighted by Crippen LogP contribution is 2.11. The number of alkyl halides is 1. The van der Waals surface area contributed by atoms with Crippen LogP contribution in [0.1, 0.15) is 18.4 Å². The molecule has 1 amide bonds. The summed E-state index contributed by atoms with van der Waals surface area (Å²) in [5, 5.41) is 0. The smallest absolute Gasteiger partial charge is 0.240 e. The fourth-order valence-corrected chi connectivity index (χ4v) is 2.79. The number of hydrogen-bond acceptors (Lipinski definition) is 3. The summed E-state index contributed by atoms with van der Waals surface area (Å²) in [5.41, 5.74) is 5.96. The highest BCUT2D eigenvalue weighted by Gasteiger charge is 2.12. The molecule has 0 aliphatic rings. The number of rotatable bonds is 8. The lowest BCUT2D eigenvalue weighted by Crippen LogP contribution is -2.25. The molecule has 0 aliphatic heterocycles. The van der Waals surface area contributed by atoms with Crippen LogP contribution < -0.4 is 10.5 Å². The third kappa shape index (κ3) is 5.59. The first-order valence-corrected chi connectivity index (χ1v) is 7.90. The summed E-state index contributed by atoms with van der Waals surface area (Å²) in [6, 6.07) is 6.55. The van der Waals surface area contributed by atoms with E-state index in [-0.39, 0.29) is 17.9 Å². The fourth-order valence-electron chi connectivity index (χ4n) is 1.50. The lowest BCUT2D eigenvalue weighted by Gasteiger charge is -2.07. The van der Waals surface area contributed by atoms with Crippen LogP contribution >= 0.6 is 11.6 Å². The number of nitrogens with two attached hydrogens (primary N) is 1. The average molecular weight is 305 g/mol. The lowest BCUT2D eigenvalue weighted by atomic mass is 10.2. The Bertz CT molecular complexity index is 514. The largest absolute Gasteiger partial charge is 0.370 e. The Hall–Kier alpha value is -1.11. The van der Waals surface area contributed by atoms with Gasteiger partial charge in [-0.15, -0.1) is 11.6 Å². The van der Waals surface area contributed by atoms with Gasteiger partial charge in [0.1, 0.15) is 0 Å². The van der Waals surface area contributed by atoms with Crippen molar-refractivity contribution >= 4 is 27.5 Å². The molecule has 0 heterocycles. The number of sulfonamides is 1. The van der Waals surface area contributed by atoms with E-state index in [0.717, 1.165) is 5.56 Å². The molecule has 5 nitrogen and oxygen atoms in total. The van der Waals surface area contributed by atoms with Gasteiger partial charge in [-0.2, -0.15) is 0 Å². The predicted octanol–water partition coefficient (Wildman–Crippen LogP) is 1.01. The maximum absolute atomic E-state index is 11.9. The molecule has 0 aliphatic carbocycles. The van der Waals surface area contributed by atoms with E-state index in [1.807, 2.05) is 0 Å². The first kappa shape index (κ1) is 15.9. The van der Waals surface area contributed by atoms with Gasteiger partial charge in [0.15, 0.2) is 0 Å². The second-order valence-electron chi connectivity index (χ2n) is 4.05. The molecule has 0 saturated carbocycles. The Labute approximate surface area is 118 Å². The van der Waals surface area contributed by atoms with Crippen molar-refractivity contribution in [2.45, 2.75) is 24.2 Å². The molecule has 7 heteroatoms. The molecule has 0 fully saturated rings. The second-order valence-corrected chi connectivity index (χ2v) is 6.20. The van der Waals surface area contributed by atoms with Crippen LogP contribution in [0, 0.1) is 0 Å². The minimum atomic E-state index is -3.53. The molecule has 106 valence electrons. The number of nitrogens with one attached hydrogen (secondary N) is 1. The van der Waals surface area contributed by atoms with Gasteiger partial charge in [0, 0.05) is 18.8 Å². The van der Waals surface area contributed by atoms with E-state index in [0.29, 0.717) is 18.7 Å². The van der Waals surface area contributed by atoms with Crippen molar-refractivity contribution in [2.24, 2.45) is 5.73 Å². The maximum atomic E-state index is 11.9. The molecule has 1 rings (SSSR count). The highest BCUT2D eigenvalue weighted by atomic mass is 35.5. The third-order valence-electron chi connectivity index (χ3n) is 2.51. The number of benzene rings is 1. The Kier molecular flexibility index (Phi) is 6.27. The predicted molar refractivity (Wildman–Crippen MR) is 74.5 cm³/mol.